The third-order valence-electron chi connectivity index (χ3n) is 3.12. The van der Waals surface area contributed by atoms with Gasteiger partial charge < -0.3 is 15.8 Å². The maximum atomic E-state index is 12.3. The highest BCUT2D eigenvalue weighted by atomic mass is 79.9. The van der Waals surface area contributed by atoms with Crippen LogP contribution in [0.15, 0.2) is 46.9 Å². The van der Waals surface area contributed by atoms with Gasteiger partial charge in [-0.1, -0.05) is 35.3 Å². The molecule has 2 aromatic rings. The number of carbonyl (C=O) groups is 1. The van der Waals surface area contributed by atoms with E-state index in [-0.39, 0.29) is 5.91 Å². The highest BCUT2D eigenvalue weighted by Gasteiger charge is 2.09. The van der Waals surface area contributed by atoms with Gasteiger partial charge in [-0.25, -0.2) is 0 Å². The van der Waals surface area contributed by atoms with Gasteiger partial charge in [0.1, 0.15) is 5.75 Å². The van der Waals surface area contributed by atoms with Crippen molar-refractivity contribution in [2.24, 2.45) is 0 Å². The van der Waals surface area contributed by atoms with Crippen LogP contribution in [-0.4, -0.2) is 12.5 Å². The Morgan fingerprint density at radius 3 is 2.82 bits per heavy atom. The molecule has 0 saturated heterocycles. The Labute approximate surface area is 138 Å². The minimum atomic E-state index is -0.213. The maximum absolute atomic E-state index is 12.3. The van der Waals surface area contributed by atoms with E-state index >= 15 is 0 Å². The number of ether oxygens (including phenoxy) is 1. The average molecular weight is 363 g/mol. The van der Waals surface area contributed by atoms with E-state index in [1.54, 1.807) is 30.3 Å². The van der Waals surface area contributed by atoms with E-state index in [2.05, 4.69) is 28.2 Å². The van der Waals surface area contributed by atoms with Crippen LogP contribution in [0.2, 0.25) is 0 Å². The van der Waals surface area contributed by atoms with Crippen molar-refractivity contribution in [2.45, 2.75) is 19.8 Å². The number of nitrogens with one attached hydrogen (secondary N) is 1. The Balaban J connectivity index is 2.07. The lowest BCUT2D eigenvalue weighted by Crippen LogP contribution is -2.13. The van der Waals surface area contributed by atoms with E-state index in [1.807, 2.05) is 12.1 Å². The molecule has 0 unspecified atom stereocenters. The molecular weight excluding hydrogens is 344 g/mol. The molecular formula is C17H19BrN2O2. The predicted molar refractivity (Wildman–Crippen MR) is 93.4 cm³/mol. The Hall–Kier alpha value is -2.01. The SMILES string of the molecule is CCCCOc1cccc(C(=O)Nc2ccc(Br)cc2N)c1. The van der Waals surface area contributed by atoms with Crippen LogP contribution in [0, 0.1) is 0 Å². The molecule has 22 heavy (non-hydrogen) atoms. The number of nitrogen functional groups attached to an aromatic ring is 1. The van der Waals surface area contributed by atoms with Crippen LogP contribution >= 0.6 is 15.9 Å². The second kappa shape index (κ2) is 7.84. The quantitative estimate of drug-likeness (QED) is 0.588. The summed E-state index contributed by atoms with van der Waals surface area (Å²) in [6, 6.07) is 12.5. The fourth-order valence-electron chi connectivity index (χ4n) is 1.90. The molecule has 4 nitrogen and oxygen atoms in total. The molecule has 0 aliphatic carbocycles. The Morgan fingerprint density at radius 2 is 2.09 bits per heavy atom. The molecule has 0 aliphatic heterocycles. The van der Waals surface area contributed by atoms with Gasteiger partial charge in [-0.3, -0.25) is 4.79 Å². The van der Waals surface area contributed by atoms with Crippen LogP contribution < -0.4 is 15.8 Å². The van der Waals surface area contributed by atoms with Gasteiger partial charge >= 0.3 is 0 Å². The number of halogens is 1. The number of hydrogen-bond donors (Lipinski definition) is 2. The van der Waals surface area contributed by atoms with E-state index in [0.29, 0.717) is 29.3 Å². The Morgan fingerprint density at radius 1 is 1.27 bits per heavy atom. The van der Waals surface area contributed by atoms with E-state index < -0.39 is 0 Å². The smallest absolute Gasteiger partial charge is 0.255 e. The molecule has 0 fully saturated rings. The third-order valence-corrected chi connectivity index (χ3v) is 3.62. The molecule has 116 valence electrons. The van der Waals surface area contributed by atoms with E-state index in [0.717, 1.165) is 17.3 Å². The lowest BCUT2D eigenvalue weighted by atomic mass is 10.2. The number of nitrogens with two attached hydrogens (primary N) is 1. The second-order valence-corrected chi connectivity index (χ2v) is 5.83. The number of amides is 1. The van der Waals surface area contributed by atoms with Crippen molar-refractivity contribution in [1.82, 2.24) is 0 Å². The predicted octanol–water partition coefficient (Wildman–Crippen LogP) is 4.46. The molecule has 2 rings (SSSR count). The van der Waals surface area contributed by atoms with Gasteiger partial charge in [-0.15, -0.1) is 0 Å². The van der Waals surface area contributed by atoms with Crippen molar-refractivity contribution >= 4 is 33.2 Å². The molecule has 0 bridgehead atoms. The largest absolute Gasteiger partial charge is 0.494 e. The van der Waals surface area contributed by atoms with Gasteiger partial charge in [0.25, 0.3) is 5.91 Å². The fourth-order valence-corrected chi connectivity index (χ4v) is 2.28. The lowest BCUT2D eigenvalue weighted by Gasteiger charge is -2.10. The first-order valence-corrected chi connectivity index (χ1v) is 7.98. The summed E-state index contributed by atoms with van der Waals surface area (Å²) < 4.78 is 6.49. The molecule has 2 aromatic carbocycles. The van der Waals surface area contributed by atoms with Crippen LogP contribution in [0.4, 0.5) is 11.4 Å². The minimum absolute atomic E-state index is 0.213. The number of hydrogen-bond acceptors (Lipinski definition) is 3. The number of unbranched alkanes of at least 4 members (excludes halogenated alkanes) is 1. The van der Waals surface area contributed by atoms with Crippen molar-refractivity contribution < 1.29 is 9.53 Å². The molecule has 0 aliphatic rings. The highest BCUT2D eigenvalue weighted by molar-refractivity contribution is 9.10. The van der Waals surface area contributed by atoms with Crippen molar-refractivity contribution in [3.8, 4) is 5.75 Å². The summed E-state index contributed by atoms with van der Waals surface area (Å²) >= 11 is 3.34. The molecule has 0 spiro atoms. The summed E-state index contributed by atoms with van der Waals surface area (Å²) in [4.78, 5) is 12.3. The number of anilines is 2. The zero-order valence-corrected chi connectivity index (χ0v) is 14.0. The van der Waals surface area contributed by atoms with E-state index in [4.69, 9.17) is 10.5 Å². The number of carbonyl (C=O) groups excluding carboxylic acids is 1. The van der Waals surface area contributed by atoms with Gasteiger partial charge in [-0.05, 0) is 42.8 Å². The summed E-state index contributed by atoms with van der Waals surface area (Å²) in [6.45, 7) is 2.76. The molecule has 0 saturated carbocycles. The van der Waals surface area contributed by atoms with Gasteiger partial charge in [0.05, 0.1) is 18.0 Å². The molecule has 3 N–H and O–H groups in total. The van der Waals surface area contributed by atoms with Gasteiger partial charge in [0.15, 0.2) is 0 Å². The third kappa shape index (κ3) is 4.49. The zero-order valence-electron chi connectivity index (χ0n) is 12.4. The fraction of sp³-hybridized carbons (Fsp3) is 0.235. The first kappa shape index (κ1) is 16.4. The maximum Gasteiger partial charge on any atom is 0.255 e. The topological polar surface area (TPSA) is 64.3 Å². The van der Waals surface area contributed by atoms with Crippen molar-refractivity contribution in [1.29, 1.82) is 0 Å². The van der Waals surface area contributed by atoms with Crippen molar-refractivity contribution in [3.63, 3.8) is 0 Å². The molecule has 0 aromatic heterocycles. The molecule has 0 radical (unpaired) electrons. The molecule has 0 atom stereocenters. The zero-order chi connectivity index (χ0) is 15.9. The number of rotatable bonds is 6. The highest BCUT2D eigenvalue weighted by Crippen LogP contribution is 2.24. The standard InChI is InChI=1S/C17H19BrN2O2/c1-2-3-9-22-14-6-4-5-12(10-14)17(21)20-16-8-7-13(18)11-15(16)19/h4-8,10-11H,2-3,9,19H2,1H3,(H,20,21). The minimum Gasteiger partial charge on any atom is -0.494 e. The summed E-state index contributed by atoms with van der Waals surface area (Å²) in [5, 5.41) is 2.81. The Kier molecular flexibility index (Phi) is 5.83. The summed E-state index contributed by atoms with van der Waals surface area (Å²) in [5.41, 5.74) is 7.53. The normalized spacial score (nSPS) is 10.3. The van der Waals surface area contributed by atoms with Crippen LogP contribution in [0.25, 0.3) is 0 Å². The van der Waals surface area contributed by atoms with E-state index in [1.165, 1.54) is 0 Å². The number of benzene rings is 2. The van der Waals surface area contributed by atoms with E-state index in [9.17, 15) is 4.79 Å². The summed E-state index contributed by atoms with van der Waals surface area (Å²) in [6.07, 6.45) is 2.06. The van der Waals surface area contributed by atoms with Crippen LogP contribution in [-0.2, 0) is 0 Å². The average Bonchev–Trinajstić information content (AvgIpc) is 2.50. The molecule has 0 heterocycles. The first-order chi connectivity index (χ1) is 10.6. The Bertz CT molecular complexity index is 659. The first-order valence-electron chi connectivity index (χ1n) is 7.19. The van der Waals surface area contributed by atoms with Gasteiger partial charge in [-0.2, -0.15) is 0 Å². The van der Waals surface area contributed by atoms with Crippen molar-refractivity contribution in [3.05, 3.63) is 52.5 Å². The summed E-state index contributed by atoms with van der Waals surface area (Å²) in [7, 11) is 0. The second-order valence-electron chi connectivity index (χ2n) is 4.92. The van der Waals surface area contributed by atoms with Crippen LogP contribution in [0.3, 0.4) is 0 Å². The molecule has 1 amide bonds. The molecule has 5 heteroatoms. The monoisotopic (exact) mass is 362 g/mol. The van der Waals surface area contributed by atoms with Gasteiger partial charge in [0.2, 0.25) is 0 Å². The van der Waals surface area contributed by atoms with Crippen LogP contribution in [0.5, 0.6) is 5.75 Å². The van der Waals surface area contributed by atoms with Crippen molar-refractivity contribution in [2.75, 3.05) is 17.7 Å². The van der Waals surface area contributed by atoms with Gasteiger partial charge in [0, 0.05) is 10.0 Å². The van der Waals surface area contributed by atoms with Crippen LogP contribution in [0.1, 0.15) is 30.1 Å². The summed E-state index contributed by atoms with van der Waals surface area (Å²) in [5.74, 6) is 0.486. The lowest BCUT2D eigenvalue weighted by molar-refractivity contribution is 0.102.